The van der Waals surface area contributed by atoms with Gasteiger partial charge in [-0.25, -0.2) is 22.7 Å². The second-order valence-corrected chi connectivity index (χ2v) is 9.12. The highest BCUT2D eigenvalue weighted by Crippen LogP contribution is 2.38. The van der Waals surface area contributed by atoms with Crippen molar-refractivity contribution in [1.29, 1.82) is 0 Å². The van der Waals surface area contributed by atoms with E-state index in [9.17, 15) is 13.2 Å². The molecule has 6 nitrogen and oxygen atoms in total. The van der Waals surface area contributed by atoms with Gasteiger partial charge in [0.2, 0.25) is 0 Å². The average molecular weight is 475 g/mol. The van der Waals surface area contributed by atoms with Crippen molar-refractivity contribution in [3.8, 4) is 0 Å². The van der Waals surface area contributed by atoms with E-state index in [0.717, 1.165) is 31.0 Å². The number of benzene rings is 1. The maximum Gasteiger partial charge on any atom is 0.180 e. The summed E-state index contributed by atoms with van der Waals surface area (Å²) in [6.07, 6.45) is 8.07. The molecular weight excluding hydrogens is 449 g/mol. The van der Waals surface area contributed by atoms with Gasteiger partial charge >= 0.3 is 0 Å². The standard InChI is InChI=1S/C23H25F3N6S/c24-14-6-7-18(26)17(10-14)20-11-15(25)13-31(20)21-8-9-32-22(30-21)19(12-27-32)29-23(33)28-16-4-2-1-3-5-16/h6-10,12,15-16,20H,1-5,11,13H2,(H2,28,29,33)/t15-,20+/m0/s1. The molecule has 0 unspecified atom stereocenters. The number of halogens is 3. The fraction of sp³-hybridized carbons (Fsp3) is 0.435. The molecule has 10 heteroatoms. The molecule has 3 aromatic rings. The van der Waals surface area contributed by atoms with Crippen molar-refractivity contribution >= 4 is 34.5 Å². The summed E-state index contributed by atoms with van der Waals surface area (Å²) >= 11 is 5.49. The number of thiocarbonyl (C=S) groups is 1. The highest BCUT2D eigenvalue weighted by Gasteiger charge is 2.36. The van der Waals surface area contributed by atoms with E-state index in [2.05, 4.69) is 20.7 Å². The molecule has 1 aliphatic heterocycles. The molecule has 0 spiro atoms. The van der Waals surface area contributed by atoms with Gasteiger partial charge in [0.15, 0.2) is 10.8 Å². The molecule has 3 heterocycles. The number of hydrogen-bond acceptors (Lipinski definition) is 4. The van der Waals surface area contributed by atoms with E-state index >= 15 is 0 Å². The normalized spacial score (nSPS) is 21.5. The maximum atomic E-state index is 14.5. The number of aromatic nitrogens is 3. The van der Waals surface area contributed by atoms with E-state index in [4.69, 9.17) is 12.2 Å². The smallest absolute Gasteiger partial charge is 0.180 e. The lowest BCUT2D eigenvalue weighted by Gasteiger charge is -2.26. The lowest BCUT2D eigenvalue weighted by Crippen LogP contribution is -2.38. The summed E-state index contributed by atoms with van der Waals surface area (Å²) in [6, 6.07) is 4.67. The van der Waals surface area contributed by atoms with E-state index in [1.54, 1.807) is 27.9 Å². The van der Waals surface area contributed by atoms with Crippen molar-refractivity contribution in [2.24, 2.45) is 0 Å². The van der Waals surface area contributed by atoms with Crippen molar-refractivity contribution in [3.63, 3.8) is 0 Å². The number of nitrogens with one attached hydrogen (secondary N) is 2. The van der Waals surface area contributed by atoms with Crippen LogP contribution in [0, 0.1) is 11.6 Å². The van der Waals surface area contributed by atoms with Crippen LogP contribution in [0.15, 0.2) is 36.7 Å². The predicted octanol–water partition coefficient (Wildman–Crippen LogP) is 4.92. The molecule has 2 N–H and O–H groups in total. The van der Waals surface area contributed by atoms with Gasteiger partial charge in [-0.3, -0.25) is 0 Å². The molecule has 2 atom stereocenters. The Morgan fingerprint density at radius 1 is 1.12 bits per heavy atom. The van der Waals surface area contributed by atoms with Crippen LogP contribution in [0.5, 0.6) is 0 Å². The van der Waals surface area contributed by atoms with E-state index < -0.39 is 23.8 Å². The van der Waals surface area contributed by atoms with Gasteiger partial charge in [-0.1, -0.05) is 19.3 Å². The molecule has 1 aliphatic carbocycles. The molecule has 5 rings (SSSR count). The molecule has 0 bridgehead atoms. The molecule has 1 aromatic carbocycles. The predicted molar refractivity (Wildman–Crippen MR) is 125 cm³/mol. The molecular formula is C23H25F3N6S. The second-order valence-electron chi connectivity index (χ2n) is 8.71. The molecule has 2 fully saturated rings. The first kappa shape index (κ1) is 21.9. The third-order valence-electron chi connectivity index (χ3n) is 6.40. The van der Waals surface area contributed by atoms with Crippen LogP contribution in [0.1, 0.15) is 50.1 Å². The summed E-state index contributed by atoms with van der Waals surface area (Å²) in [5.74, 6) is -0.656. The summed E-state index contributed by atoms with van der Waals surface area (Å²) in [4.78, 5) is 6.35. The Labute approximate surface area is 195 Å². The van der Waals surface area contributed by atoms with Crippen molar-refractivity contribution in [2.75, 3.05) is 16.8 Å². The topological polar surface area (TPSA) is 57.5 Å². The highest BCUT2D eigenvalue weighted by atomic mass is 32.1. The third-order valence-corrected chi connectivity index (χ3v) is 6.62. The fourth-order valence-electron chi connectivity index (χ4n) is 4.80. The summed E-state index contributed by atoms with van der Waals surface area (Å²) in [7, 11) is 0. The lowest BCUT2D eigenvalue weighted by molar-refractivity contribution is 0.355. The third kappa shape index (κ3) is 4.62. The summed E-state index contributed by atoms with van der Waals surface area (Å²) in [6.45, 7) is 0.0440. The number of rotatable bonds is 4. The molecule has 33 heavy (non-hydrogen) atoms. The zero-order valence-corrected chi connectivity index (χ0v) is 18.8. The van der Waals surface area contributed by atoms with Crippen molar-refractivity contribution in [2.45, 2.75) is 56.8 Å². The molecule has 1 saturated heterocycles. The number of fused-ring (bicyclic) bond motifs is 1. The van der Waals surface area contributed by atoms with Gasteiger partial charge in [0.25, 0.3) is 0 Å². The zero-order chi connectivity index (χ0) is 22.9. The monoisotopic (exact) mass is 474 g/mol. The summed E-state index contributed by atoms with van der Waals surface area (Å²) in [5, 5.41) is 11.3. The Hall–Kier alpha value is -2.88. The van der Waals surface area contributed by atoms with Crippen LogP contribution in [0.4, 0.5) is 24.7 Å². The van der Waals surface area contributed by atoms with E-state index in [1.165, 1.54) is 19.3 Å². The Balaban J connectivity index is 1.40. The second kappa shape index (κ2) is 9.17. The molecule has 174 valence electrons. The van der Waals surface area contributed by atoms with Crippen LogP contribution in [-0.4, -0.2) is 38.5 Å². The number of hydrogen-bond donors (Lipinski definition) is 2. The van der Waals surface area contributed by atoms with Crippen LogP contribution in [-0.2, 0) is 0 Å². The minimum absolute atomic E-state index is 0.0440. The van der Waals surface area contributed by atoms with E-state index in [-0.39, 0.29) is 18.5 Å². The van der Waals surface area contributed by atoms with Crippen molar-refractivity contribution in [1.82, 2.24) is 19.9 Å². The van der Waals surface area contributed by atoms with Crippen LogP contribution < -0.4 is 15.5 Å². The minimum Gasteiger partial charge on any atom is -0.360 e. The Kier molecular flexibility index (Phi) is 6.09. The first-order valence-corrected chi connectivity index (χ1v) is 11.7. The first-order chi connectivity index (χ1) is 16.0. The van der Waals surface area contributed by atoms with E-state index in [1.807, 2.05) is 0 Å². The maximum absolute atomic E-state index is 14.5. The van der Waals surface area contributed by atoms with E-state index in [0.29, 0.717) is 28.3 Å². The van der Waals surface area contributed by atoms with Crippen LogP contribution in [0.25, 0.3) is 5.65 Å². The molecule has 2 aliphatic rings. The minimum atomic E-state index is -1.18. The summed E-state index contributed by atoms with van der Waals surface area (Å²) < 4.78 is 44.3. The van der Waals surface area contributed by atoms with Crippen LogP contribution >= 0.6 is 12.2 Å². The SMILES string of the molecule is Fc1ccc(F)c([C@H]2C[C@H](F)CN2c2ccn3ncc(NC(=S)NC4CCCCC4)c3n2)c1. The largest absolute Gasteiger partial charge is 0.360 e. The quantitative estimate of drug-likeness (QED) is 0.524. The number of alkyl halides is 1. The molecule has 0 amide bonds. The van der Waals surface area contributed by atoms with Gasteiger partial charge in [0.05, 0.1) is 18.8 Å². The molecule has 1 saturated carbocycles. The summed E-state index contributed by atoms with van der Waals surface area (Å²) in [5.41, 5.74) is 1.26. The van der Waals surface area contributed by atoms with Gasteiger partial charge in [-0.2, -0.15) is 5.10 Å². The first-order valence-electron chi connectivity index (χ1n) is 11.3. The molecule has 0 radical (unpaired) electrons. The van der Waals surface area contributed by atoms with Gasteiger partial charge in [-0.05, 0) is 49.3 Å². The average Bonchev–Trinajstić information content (AvgIpc) is 3.39. The van der Waals surface area contributed by atoms with Gasteiger partial charge < -0.3 is 15.5 Å². The zero-order valence-electron chi connectivity index (χ0n) is 18.0. The number of anilines is 2. The Morgan fingerprint density at radius 2 is 1.94 bits per heavy atom. The van der Waals surface area contributed by atoms with Crippen molar-refractivity contribution < 1.29 is 13.2 Å². The van der Waals surface area contributed by atoms with Gasteiger partial charge in [0.1, 0.15) is 29.3 Å². The van der Waals surface area contributed by atoms with Gasteiger partial charge in [0, 0.05) is 24.2 Å². The van der Waals surface area contributed by atoms with Gasteiger partial charge in [-0.15, -0.1) is 0 Å². The van der Waals surface area contributed by atoms with Crippen LogP contribution in [0.2, 0.25) is 0 Å². The van der Waals surface area contributed by atoms with Crippen molar-refractivity contribution in [3.05, 3.63) is 53.9 Å². The number of nitrogens with zero attached hydrogens (tertiary/aromatic N) is 4. The fourth-order valence-corrected chi connectivity index (χ4v) is 5.08. The Bertz CT molecular complexity index is 1160. The molecule has 2 aromatic heterocycles. The van der Waals surface area contributed by atoms with Crippen LogP contribution in [0.3, 0.4) is 0 Å². The Morgan fingerprint density at radius 3 is 2.76 bits per heavy atom. The lowest BCUT2D eigenvalue weighted by atomic mass is 9.96. The highest BCUT2D eigenvalue weighted by molar-refractivity contribution is 7.80.